The summed E-state index contributed by atoms with van der Waals surface area (Å²) in [6.07, 6.45) is 0. The van der Waals surface area contributed by atoms with E-state index in [1.54, 1.807) is 4.52 Å². The second-order valence-corrected chi connectivity index (χ2v) is 3.77. The predicted molar refractivity (Wildman–Crippen MR) is 64.2 cm³/mol. The number of hydrogen-bond acceptors (Lipinski definition) is 4. The number of nitrogens with zero attached hydrogens (tertiary/aromatic N) is 4. The van der Waals surface area contributed by atoms with Gasteiger partial charge in [0.2, 0.25) is 5.88 Å². The van der Waals surface area contributed by atoms with Gasteiger partial charge in [0.1, 0.15) is 0 Å². The molecule has 0 fully saturated rings. The second-order valence-electron chi connectivity index (χ2n) is 3.77. The summed E-state index contributed by atoms with van der Waals surface area (Å²) in [5, 5.41) is 14.6. The van der Waals surface area contributed by atoms with E-state index in [-0.39, 0.29) is 0 Å². The minimum absolute atomic E-state index is 0.587. The molecule has 17 heavy (non-hydrogen) atoms. The SMILES string of the molecule is CCOc1nn2c(C)nnc2c2ccccc12. The summed E-state index contributed by atoms with van der Waals surface area (Å²) in [6, 6.07) is 7.93. The van der Waals surface area contributed by atoms with Gasteiger partial charge in [-0.1, -0.05) is 18.2 Å². The maximum Gasteiger partial charge on any atom is 0.239 e. The summed E-state index contributed by atoms with van der Waals surface area (Å²) >= 11 is 0. The maximum atomic E-state index is 5.56. The summed E-state index contributed by atoms with van der Waals surface area (Å²) in [7, 11) is 0. The van der Waals surface area contributed by atoms with Gasteiger partial charge in [-0.2, -0.15) is 4.52 Å². The van der Waals surface area contributed by atoms with Gasteiger partial charge in [-0.05, 0) is 19.9 Å². The van der Waals surface area contributed by atoms with Gasteiger partial charge in [-0.3, -0.25) is 0 Å². The van der Waals surface area contributed by atoms with E-state index in [4.69, 9.17) is 4.74 Å². The van der Waals surface area contributed by atoms with Gasteiger partial charge in [0.05, 0.1) is 6.61 Å². The van der Waals surface area contributed by atoms with Gasteiger partial charge < -0.3 is 4.74 Å². The molecule has 0 N–H and O–H groups in total. The molecule has 0 amide bonds. The van der Waals surface area contributed by atoms with Crippen molar-refractivity contribution < 1.29 is 4.74 Å². The molecule has 5 nitrogen and oxygen atoms in total. The van der Waals surface area contributed by atoms with E-state index in [9.17, 15) is 0 Å². The van der Waals surface area contributed by atoms with Crippen molar-refractivity contribution in [2.75, 3.05) is 6.61 Å². The van der Waals surface area contributed by atoms with Gasteiger partial charge in [0.15, 0.2) is 11.5 Å². The molecule has 0 saturated heterocycles. The first-order valence-electron chi connectivity index (χ1n) is 5.55. The minimum atomic E-state index is 0.587. The number of ether oxygens (including phenoxy) is 1. The molecule has 0 aliphatic rings. The molecule has 0 aliphatic carbocycles. The molecule has 0 aliphatic heterocycles. The first kappa shape index (κ1) is 10.0. The van der Waals surface area contributed by atoms with Crippen molar-refractivity contribution in [2.45, 2.75) is 13.8 Å². The molecule has 3 rings (SSSR count). The Balaban J connectivity index is 2.47. The molecule has 5 heteroatoms. The fourth-order valence-electron chi connectivity index (χ4n) is 1.90. The highest BCUT2D eigenvalue weighted by molar-refractivity contribution is 5.96. The third kappa shape index (κ3) is 1.43. The number of rotatable bonds is 2. The largest absolute Gasteiger partial charge is 0.476 e. The van der Waals surface area contributed by atoms with Crippen molar-refractivity contribution in [1.29, 1.82) is 0 Å². The lowest BCUT2D eigenvalue weighted by Gasteiger charge is -2.07. The van der Waals surface area contributed by atoms with Crippen LogP contribution in [0.3, 0.4) is 0 Å². The van der Waals surface area contributed by atoms with Crippen molar-refractivity contribution in [1.82, 2.24) is 19.8 Å². The van der Waals surface area contributed by atoms with E-state index in [0.717, 1.165) is 22.2 Å². The standard InChI is InChI=1S/C12H12N4O/c1-3-17-12-10-7-5-4-6-9(10)11-14-13-8(2)16(11)15-12/h4-7H,3H2,1-2H3. The minimum Gasteiger partial charge on any atom is -0.476 e. The van der Waals surface area contributed by atoms with E-state index in [0.29, 0.717) is 12.5 Å². The molecule has 2 heterocycles. The van der Waals surface area contributed by atoms with Crippen LogP contribution < -0.4 is 4.74 Å². The molecular formula is C12H12N4O. The van der Waals surface area contributed by atoms with Crippen molar-refractivity contribution in [2.24, 2.45) is 0 Å². The molecule has 0 radical (unpaired) electrons. The number of hydrogen-bond donors (Lipinski definition) is 0. The normalized spacial score (nSPS) is 11.2. The van der Waals surface area contributed by atoms with Crippen molar-refractivity contribution in [3.05, 3.63) is 30.1 Å². The van der Waals surface area contributed by atoms with Gasteiger partial charge in [0.25, 0.3) is 0 Å². The third-order valence-electron chi connectivity index (χ3n) is 2.67. The molecular weight excluding hydrogens is 216 g/mol. The molecule has 2 aromatic heterocycles. The van der Waals surface area contributed by atoms with Crippen LogP contribution in [0.15, 0.2) is 24.3 Å². The average Bonchev–Trinajstić information content (AvgIpc) is 2.72. The third-order valence-corrected chi connectivity index (χ3v) is 2.67. The van der Waals surface area contributed by atoms with Gasteiger partial charge in [-0.15, -0.1) is 15.3 Å². The Morgan fingerprint density at radius 3 is 2.71 bits per heavy atom. The van der Waals surface area contributed by atoms with Gasteiger partial charge in [-0.25, -0.2) is 0 Å². The number of benzene rings is 1. The van der Waals surface area contributed by atoms with Crippen molar-refractivity contribution >= 4 is 16.4 Å². The smallest absolute Gasteiger partial charge is 0.239 e. The molecule has 0 atom stereocenters. The van der Waals surface area contributed by atoms with Crippen LogP contribution in [-0.4, -0.2) is 26.4 Å². The zero-order chi connectivity index (χ0) is 11.8. The Hall–Kier alpha value is -2.17. The van der Waals surface area contributed by atoms with Crippen LogP contribution in [0.25, 0.3) is 16.4 Å². The quantitative estimate of drug-likeness (QED) is 0.673. The van der Waals surface area contributed by atoms with Crippen LogP contribution in [-0.2, 0) is 0 Å². The predicted octanol–water partition coefficient (Wildman–Crippen LogP) is 1.98. The zero-order valence-electron chi connectivity index (χ0n) is 9.71. The molecule has 3 aromatic rings. The van der Waals surface area contributed by atoms with Crippen LogP contribution in [0.5, 0.6) is 5.88 Å². The molecule has 1 aromatic carbocycles. The number of aromatic nitrogens is 4. The highest BCUT2D eigenvalue weighted by Gasteiger charge is 2.11. The molecule has 0 spiro atoms. The maximum absolute atomic E-state index is 5.56. The molecule has 0 bridgehead atoms. The lowest BCUT2D eigenvalue weighted by molar-refractivity contribution is 0.326. The Bertz CT molecular complexity index is 689. The Morgan fingerprint density at radius 1 is 1.18 bits per heavy atom. The lowest BCUT2D eigenvalue weighted by atomic mass is 10.2. The van der Waals surface area contributed by atoms with Crippen LogP contribution >= 0.6 is 0 Å². The van der Waals surface area contributed by atoms with E-state index in [2.05, 4.69) is 15.3 Å². The van der Waals surface area contributed by atoms with Crippen molar-refractivity contribution in [3.8, 4) is 5.88 Å². The Kier molecular flexibility index (Phi) is 2.18. The summed E-state index contributed by atoms with van der Waals surface area (Å²) in [6.45, 7) is 4.40. The average molecular weight is 228 g/mol. The molecule has 0 saturated carbocycles. The van der Waals surface area contributed by atoms with Crippen LogP contribution in [0, 0.1) is 6.92 Å². The Morgan fingerprint density at radius 2 is 1.94 bits per heavy atom. The summed E-state index contributed by atoms with van der Waals surface area (Å²) in [4.78, 5) is 0. The lowest BCUT2D eigenvalue weighted by Crippen LogP contribution is -2.02. The van der Waals surface area contributed by atoms with E-state index >= 15 is 0 Å². The molecule has 0 unspecified atom stereocenters. The first-order chi connectivity index (χ1) is 8.31. The van der Waals surface area contributed by atoms with E-state index in [1.807, 2.05) is 38.1 Å². The fraction of sp³-hybridized carbons (Fsp3) is 0.250. The summed E-state index contributed by atoms with van der Waals surface area (Å²) < 4.78 is 7.28. The van der Waals surface area contributed by atoms with E-state index < -0.39 is 0 Å². The number of aryl methyl sites for hydroxylation is 1. The van der Waals surface area contributed by atoms with Crippen LogP contribution in [0.2, 0.25) is 0 Å². The van der Waals surface area contributed by atoms with Gasteiger partial charge in [0, 0.05) is 10.8 Å². The van der Waals surface area contributed by atoms with Gasteiger partial charge >= 0.3 is 0 Å². The zero-order valence-corrected chi connectivity index (χ0v) is 9.71. The van der Waals surface area contributed by atoms with E-state index in [1.165, 1.54) is 0 Å². The fourth-order valence-corrected chi connectivity index (χ4v) is 1.90. The summed E-state index contributed by atoms with van der Waals surface area (Å²) in [5.41, 5.74) is 0.765. The number of fused-ring (bicyclic) bond motifs is 3. The highest BCUT2D eigenvalue weighted by Crippen LogP contribution is 2.26. The first-order valence-corrected chi connectivity index (χ1v) is 5.55. The van der Waals surface area contributed by atoms with Crippen molar-refractivity contribution in [3.63, 3.8) is 0 Å². The highest BCUT2D eigenvalue weighted by atomic mass is 16.5. The monoisotopic (exact) mass is 228 g/mol. The van der Waals surface area contributed by atoms with Crippen LogP contribution in [0.1, 0.15) is 12.7 Å². The Labute approximate surface area is 98.0 Å². The topological polar surface area (TPSA) is 52.3 Å². The summed E-state index contributed by atoms with van der Waals surface area (Å²) in [5.74, 6) is 1.38. The molecule has 86 valence electrons. The van der Waals surface area contributed by atoms with Crippen LogP contribution in [0.4, 0.5) is 0 Å². The second kappa shape index (κ2) is 3.69.